The Bertz CT molecular complexity index is 659. The molecule has 3 heteroatoms. The molecule has 0 fully saturated rings. The minimum Gasteiger partial charge on any atom is -0.399 e. The predicted octanol–water partition coefficient (Wildman–Crippen LogP) is 3.19. The number of benzene rings is 2. The predicted molar refractivity (Wildman–Crippen MR) is 84.9 cm³/mol. The maximum atomic E-state index is 5.83. The summed E-state index contributed by atoms with van der Waals surface area (Å²) in [6.07, 6.45) is 2.15. The first kappa shape index (κ1) is 12.4. The molecule has 0 aromatic heterocycles. The van der Waals surface area contributed by atoms with Gasteiger partial charge in [0, 0.05) is 23.6 Å². The van der Waals surface area contributed by atoms with E-state index in [1.807, 2.05) is 42.5 Å². The molecular weight excluding hydrogens is 246 g/mol. The van der Waals surface area contributed by atoms with Gasteiger partial charge in [0.05, 0.1) is 0 Å². The van der Waals surface area contributed by atoms with E-state index in [0.29, 0.717) is 0 Å². The van der Waals surface area contributed by atoms with Crippen LogP contribution < -0.4 is 16.0 Å². The van der Waals surface area contributed by atoms with Crippen molar-refractivity contribution in [1.82, 2.24) is 5.32 Å². The highest BCUT2D eigenvalue weighted by molar-refractivity contribution is 5.72. The van der Waals surface area contributed by atoms with Gasteiger partial charge in [0.1, 0.15) is 5.82 Å². The molecule has 20 heavy (non-hydrogen) atoms. The second kappa shape index (κ2) is 5.13. The summed E-state index contributed by atoms with van der Waals surface area (Å²) in [5, 5.41) is 3.35. The Morgan fingerprint density at radius 1 is 1.05 bits per heavy atom. The summed E-state index contributed by atoms with van der Waals surface area (Å²) in [5.41, 5.74) is 9.86. The van der Waals surface area contributed by atoms with E-state index in [1.54, 1.807) is 0 Å². The molecule has 3 rings (SSSR count). The van der Waals surface area contributed by atoms with Gasteiger partial charge in [-0.05, 0) is 35.9 Å². The fourth-order valence-electron chi connectivity index (χ4n) is 2.33. The molecule has 1 aliphatic rings. The third-order valence-electron chi connectivity index (χ3n) is 3.35. The number of hydrogen-bond donors (Lipinski definition) is 2. The lowest BCUT2D eigenvalue weighted by Crippen LogP contribution is -2.34. The summed E-state index contributed by atoms with van der Waals surface area (Å²) in [6, 6.07) is 18.1. The van der Waals surface area contributed by atoms with Crippen molar-refractivity contribution in [3.05, 3.63) is 78.6 Å². The molecule has 0 bridgehead atoms. The summed E-state index contributed by atoms with van der Waals surface area (Å²) < 4.78 is 0. The van der Waals surface area contributed by atoms with Crippen LogP contribution >= 0.6 is 0 Å². The van der Waals surface area contributed by atoms with E-state index < -0.39 is 0 Å². The van der Waals surface area contributed by atoms with Crippen LogP contribution in [0.25, 0.3) is 5.70 Å². The molecule has 0 saturated carbocycles. The van der Waals surface area contributed by atoms with Gasteiger partial charge >= 0.3 is 0 Å². The highest BCUT2D eigenvalue weighted by Gasteiger charge is 2.16. The van der Waals surface area contributed by atoms with Crippen LogP contribution in [0.2, 0.25) is 0 Å². The number of anilines is 2. The SMILES string of the molecule is C=C1NC(c2cccc(N)c2)=CCN1c1ccccc1. The van der Waals surface area contributed by atoms with E-state index in [4.69, 9.17) is 5.73 Å². The van der Waals surface area contributed by atoms with Crippen molar-refractivity contribution in [1.29, 1.82) is 0 Å². The standard InChI is InChI=1S/C17H17N3/c1-13-19-17(14-6-5-7-15(18)12-14)10-11-20(13)16-8-3-2-4-9-16/h2-10,12,19H,1,11,18H2. The second-order valence-electron chi connectivity index (χ2n) is 4.76. The Balaban J connectivity index is 1.86. The van der Waals surface area contributed by atoms with Gasteiger partial charge in [0.25, 0.3) is 0 Å². The summed E-state index contributed by atoms with van der Waals surface area (Å²) in [5.74, 6) is 0.871. The molecule has 0 atom stereocenters. The highest BCUT2D eigenvalue weighted by atomic mass is 15.3. The number of rotatable bonds is 2. The Labute approximate surface area is 119 Å². The maximum Gasteiger partial charge on any atom is 0.103 e. The number of nitrogens with one attached hydrogen (secondary N) is 1. The molecule has 0 radical (unpaired) electrons. The van der Waals surface area contributed by atoms with Crippen LogP contribution in [0.1, 0.15) is 5.56 Å². The van der Waals surface area contributed by atoms with E-state index in [0.717, 1.165) is 35.0 Å². The summed E-state index contributed by atoms with van der Waals surface area (Å²) in [6.45, 7) is 4.90. The third kappa shape index (κ3) is 2.38. The molecule has 0 spiro atoms. The van der Waals surface area contributed by atoms with Crippen LogP contribution in [-0.2, 0) is 0 Å². The van der Waals surface area contributed by atoms with Crippen molar-refractivity contribution in [3.63, 3.8) is 0 Å². The van der Waals surface area contributed by atoms with E-state index in [9.17, 15) is 0 Å². The lowest BCUT2D eigenvalue weighted by atomic mass is 10.1. The van der Waals surface area contributed by atoms with Crippen molar-refractivity contribution in [2.24, 2.45) is 0 Å². The lowest BCUT2D eigenvalue weighted by molar-refractivity contribution is 0.885. The molecule has 2 aromatic rings. The zero-order valence-corrected chi connectivity index (χ0v) is 11.2. The average Bonchev–Trinajstić information content (AvgIpc) is 2.48. The number of nitrogens with zero attached hydrogens (tertiary/aromatic N) is 1. The number of nitrogens with two attached hydrogens (primary N) is 1. The largest absolute Gasteiger partial charge is 0.399 e. The van der Waals surface area contributed by atoms with Gasteiger partial charge in [-0.2, -0.15) is 0 Å². The van der Waals surface area contributed by atoms with E-state index in [2.05, 4.69) is 35.0 Å². The van der Waals surface area contributed by atoms with Crippen LogP contribution in [-0.4, -0.2) is 6.54 Å². The molecule has 0 amide bonds. The van der Waals surface area contributed by atoms with Gasteiger partial charge in [-0.1, -0.05) is 36.9 Å². The quantitative estimate of drug-likeness (QED) is 0.818. The van der Waals surface area contributed by atoms with Crippen molar-refractivity contribution in [3.8, 4) is 0 Å². The third-order valence-corrected chi connectivity index (χ3v) is 3.35. The lowest BCUT2D eigenvalue weighted by Gasteiger charge is -2.31. The second-order valence-corrected chi connectivity index (χ2v) is 4.76. The van der Waals surface area contributed by atoms with E-state index in [1.165, 1.54) is 0 Å². The number of nitrogen functional groups attached to an aromatic ring is 1. The van der Waals surface area contributed by atoms with Crippen LogP contribution in [0.15, 0.2) is 73.1 Å². The number of para-hydroxylation sites is 1. The first-order valence-corrected chi connectivity index (χ1v) is 6.58. The fraction of sp³-hybridized carbons (Fsp3) is 0.0588. The smallest absolute Gasteiger partial charge is 0.103 e. The molecule has 2 aromatic carbocycles. The van der Waals surface area contributed by atoms with Crippen LogP contribution in [0, 0.1) is 0 Å². The maximum absolute atomic E-state index is 5.83. The minimum atomic E-state index is 0.765. The highest BCUT2D eigenvalue weighted by Crippen LogP contribution is 2.24. The average molecular weight is 263 g/mol. The number of hydrogen-bond acceptors (Lipinski definition) is 3. The summed E-state index contributed by atoms with van der Waals surface area (Å²) >= 11 is 0. The zero-order valence-electron chi connectivity index (χ0n) is 11.2. The van der Waals surface area contributed by atoms with Gasteiger partial charge in [-0.15, -0.1) is 0 Å². The molecule has 1 aliphatic heterocycles. The van der Waals surface area contributed by atoms with Gasteiger partial charge in [-0.25, -0.2) is 0 Å². The first-order chi connectivity index (χ1) is 9.74. The molecular formula is C17H17N3. The fourth-order valence-corrected chi connectivity index (χ4v) is 2.33. The van der Waals surface area contributed by atoms with Gasteiger partial charge in [-0.3, -0.25) is 0 Å². The molecule has 0 aliphatic carbocycles. The first-order valence-electron chi connectivity index (χ1n) is 6.58. The summed E-state index contributed by atoms with van der Waals surface area (Å²) in [4.78, 5) is 2.13. The van der Waals surface area contributed by atoms with Gasteiger partial charge in [0.2, 0.25) is 0 Å². The molecule has 100 valence electrons. The van der Waals surface area contributed by atoms with Gasteiger partial charge < -0.3 is 16.0 Å². The Hall–Kier alpha value is -2.68. The van der Waals surface area contributed by atoms with Crippen molar-refractivity contribution in [2.45, 2.75) is 0 Å². The van der Waals surface area contributed by atoms with E-state index >= 15 is 0 Å². The van der Waals surface area contributed by atoms with Crippen molar-refractivity contribution >= 4 is 17.1 Å². The topological polar surface area (TPSA) is 41.3 Å². The molecule has 3 N–H and O–H groups in total. The molecule has 3 nitrogen and oxygen atoms in total. The van der Waals surface area contributed by atoms with Crippen LogP contribution in [0.5, 0.6) is 0 Å². The summed E-state index contributed by atoms with van der Waals surface area (Å²) in [7, 11) is 0. The van der Waals surface area contributed by atoms with Crippen molar-refractivity contribution < 1.29 is 0 Å². The Morgan fingerprint density at radius 3 is 2.55 bits per heavy atom. The Morgan fingerprint density at radius 2 is 1.85 bits per heavy atom. The van der Waals surface area contributed by atoms with Crippen LogP contribution in [0.4, 0.5) is 11.4 Å². The molecule has 0 saturated heterocycles. The minimum absolute atomic E-state index is 0.765. The molecule has 1 heterocycles. The van der Waals surface area contributed by atoms with Crippen molar-refractivity contribution in [2.75, 3.05) is 17.2 Å². The monoisotopic (exact) mass is 263 g/mol. The normalized spacial score (nSPS) is 14.7. The Kier molecular flexibility index (Phi) is 3.17. The van der Waals surface area contributed by atoms with Crippen LogP contribution in [0.3, 0.4) is 0 Å². The molecule has 0 unspecified atom stereocenters. The zero-order chi connectivity index (χ0) is 13.9. The van der Waals surface area contributed by atoms with E-state index in [-0.39, 0.29) is 0 Å². The van der Waals surface area contributed by atoms with Gasteiger partial charge in [0.15, 0.2) is 0 Å².